The smallest absolute Gasteiger partial charge is 0.313 e. The lowest BCUT2D eigenvalue weighted by atomic mass is 9.35. The van der Waals surface area contributed by atoms with Crippen LogP contribution in [-0.2, 0) is 9.53 Å². The first-order valence-corrected chi connectivity index (χ1v) is 13.8. The Morgan fingerprint density at radius 3 is 2.28 bits per heavy atom. The SMILES string of the molecule is CC(C)[C@H]1CCC2=C3CC[C@]45OC(=O)[C@@]6(CCC(C)(C)C[C@H]64)CC[C@@]5(C)[C@]3(C)CC[C@@]21C. The molecule has 0 unspecified atom stereocenters. The number of esters is 1. The van der Waals surface area contributed by atoms with Gasteiger partial charge >= 0.3 is 5.97 Å². The first kappa shape index (κ1) is 21.7. The number of rotatable bonds is 1. The van der Waals surface area contributed by atoms with Crippen molar-refractivity contribution in [3.05, 3.63) is 11.1 Å². The van der Waals surface area contributed by atoms with Crippen molar-refractivity contribution < 1.29 is 9.53 Å². The minimum atomic E-state index is -0.234. The Balaban J connectivity index is 1.49. The van der Waals surface area contributed by atoms with Crippen molar-refractivity contribution in [3.8, 4) is 0 Å². The molecule has 0 aromatic carbocycles. The van der Waals surface area contributed by atoms with Gasteiger partial charge in [0.1, 0.15) is 5.60 Å². The fraction of sp³-hybridized carbons (Fsp3) is 0.900. The van der Waals surface area contributed by atoms with Gasteiger partial charge < -0.3 is 4.74 Å². The summed E-state index contributed by atoms with van der Waals surface area (Å²) in [7, 11) is 0. The molecule has 7 atom stereocenters. The number of fused-ring (bicyclic) bond motifs is 3. The largest absolute Gasteiger partial charge is 0.458 e. The minimum Gasteiger partial charge on any atom is -0.458 e. The fourth-order valence-corrected chi connectivity index (χ4v) is 11.0. The number of ether oxygens (including phenoxy) is 1. The van der Waals surface area contributed by atoms with Crippen LogP contribution in [-0.4, -0.2) is 11.6 Å². The van der Waals surface area contributed by atoms with E-state index < -0.39 is 0 Å². The normalized spacial score (nSPS) is 53.4. The Kier molecular flexibility index (Phi) is 4.12. The molecule has 6 aliphatic rings. The summed E-state index contributed by atoms with van der Waals surface area (Å²) >= 11 is 0. The highest BCUT2D eigenvalue weighted by Gasteiger charge is 2.79. The molecule has 2 heteroatoms. The van der Waals surface area contributed by atoms with Gasteiger partial charge in [-0.15, -0.1) is 0 Å². The summed E-state index contributed by atoms with van der Waals surface area (Å²) in [5, 5.41) is 0. The minimum absolute atomic E-state index is 0.0750. The summed E-state index contributed by atoms with van der Waals surface area (Å²) < 4.78 is 6.76. The second kappa shape index (κ2) is 6.06. The molecule has 0 aromatic heterocycles. The molecule has 0 radical (unpaired) electrons. The molecule has 1 saturated heterocycles. The van der Waals surface area contributed by atoms with Crippen molar-refractivity contribution in [1.29, 1.82) is 0 Å². The average molecular weight is 439 g/mol. The maximum atomic E-state index is 13.6. The van der Waals surface area contributed by atoms with Gasteiger partial charge in [0.15, 0.2) is 0 Å². The molecule has 2 nitrogen and oxygen atoms in total. The molecule has 1 spiro atoms. The monoisotopic (exact) mass is 438 g/mol. The average Bonchev–Trinajstić information content (AvgIpc) is 3.14. The first-order valence-electron chi connectivity index (χ1n) is 13.8. The molecule has 178 valence electrons. The predicted octanol–water partition coefficient (Wildman–Crippen LogP) is 7.86. The molecule has 5 aliphatic carbocycles. The second-order valence-corrected chi connectivity index (χ2v) is 14.8. The van der Waals surface area contributed by atoms with Crippen LogP contribution < -0.4 is 0 Å². The van der Waals surface area contributed by atoms with Crippen LogP contribution in [0.5, 0.6) is 0 Å². The Morgan fingerprint density at radius 2 is 1.56 bits per heavy atom. The van der Waals surface area contributed by atoms with Crippen LogP contribution in [0.4, 0.5) is 0 Å². The van der Waals surface area contributed by atoms with Crippen LogP contribution in [0.2, 0.25) is 0 Å². The summed E-state index contributed by atoms with van der Waals surface area (Å²) in [6.07, 6.45) is 13.2. The van der Waals surface area contributed by atoms with Gasteiger partial charge in [-0.3, -0.25) is 4.79 Å². The van der Waals surface area contributed by atoms with E-state index in [1.807, 2.05) is 11.1 Å². The van der Waals surface area contributed by atoms with Gasteiger partial charge in [0.25, 0.3) is 0 Å². The fourth-order valence-electron chi connectivity index (χ4n) is 11.0. The topological polar surface area (TPSA) is 26.3 Å². The summed E-state index contributed by atoms with van der Waals surface area (Å²) in [5.74, 6) is 2.21. The van der Waals surface area contributed by atoms with Crippen LogP contribution in [0.3, 0.4) is 0 Å². The standard InChI is InChI=1S/C30H46O2/c1-19(2)20-8-9-21-22-10-11-30-23-18-25(3,4)12-16-29(23,24(31)32-30)17-15-28(30,7)27(22,6)14-13-26(20,21)5/h19-20,23H,8-18H2,1-7H3/t20-,23-,26-,27-,28+,29+,30+/m1/s1. The van der Waals surface area contributed by atoms with E-state index in [1.54, 1.807) is 0 Å². The van der Waals surface area contributed by atoms with Gasteiger partial charge in [0.2, 0.25) is 0 Å². The third kappa shape index (κ3) is 2.18. The first-order chi connectivity index (χ1) is 14.9. The van der Waals surface area contributed by atoms with Gasteiger partial charge in [0.05, 0.1) is 5.41 Å². The van der Waals surface area contributed by atoms with Crippen LogP contribution in [0.1, 0.15) is 119 Å². The van der Waals surface area contributed by atoms with Crippen molar-refractivity contribution in [2.24, 2.45) is 44.8 Å². The maximum Gasteiger partial charge on any atom is 0.313 e. The van der Waals surface area contributed by atoms with Gasteiger partial charge in [-0.05, 0) is 98.7 Å². The van der Waals surface area contributed by atoms with Gasteiger partial charge in [0, 0.05) is 11.3 Å². The highest BCUT2D eigenvalue weighted by Crippen LogP contribution is 2.79. The summed E-state index contributed by atoms with van der Waals surface area (Å²) in [4.78, 5) is 13.6. The number of hydrogen-bond donors (Lipinski definition) is 0. The van der Waals surface area contributed by atoms with E-state index in [-0.39, 0.29) is 27.8 Å². The van der Waals surface area contributed by atoms with E-state index in [0.29, 0.717) is 16.7 Å². The molecule has 0 amide bonds. The van der Waals surface area contributed by atoms with Crippen LogP contribution in [0, 0.1) is 44.8 Å². The van der Waals surface area contributed by atoms with Crippen LogP contribution in [0.25, 0.3) is 0 Å². The summed E-state index contributed by atoms with van der Waals surface area (Å²) in [6, 6.07) is 0. The Morgan fingerprint density at radius 1 is 0.844 bits per heavy atom. The zero-order valence-corrected chi connectivity index (χ0v) is 21.8. The van der Waals surface area contributed by atoms with Crippen molar-refractivity contribution in [2.45, 2.75) is 125 Å². The molecule has 32 heavy (non-hydrogen) atoms. The lowest BCUT2D eigenvalue weighted by molar-refractivity contribution is -0.212. The van der Waals surface area contributed by atoms with Gasteiger partial charge in [-0.1, -0.05) is 59.6 Å². The van der Waals surface area contributed by atoms with Crippen LogP contribution in [0.15, 0.2) is 11.1 Å². The number of carbonyl (C=O) groups is 1. The number of allylic oxidation sites excluding steroid dienone is 2. The van der Waals surface area contributed by atoms with E-state index >= 15 is 0 Å². The van der Waals surface area contributed by atoms with Crippen molar-refractivity contribution in [2.75, 3.05) is 0 Å². The summed E-state index contributed by atoms with van der Waals surface area (Å²) in [5.41, 5.74) is 4.24. The molecular formula is C30H46O2. The maximum absolute atomic E-state index is 13.6. The predicted molar refractivity (Wildman–Crippen MR) is 129 cm³/mol. The number of hydrogen-bond acceptors (Lipinski definition) is 2. The third-order valence-electron chi connectivity index (χ3n) is 13.1. The molecule has 2 bridgehead atoms. The lowest BCUT2D eigenvalue weighted by Crippen LogP contribution is -2.67. The van der Waals surface area contributed by atoms with Crippen LogP contribution >= 0.6 is 0 Å². The van der Waals surface area contributed by atoms with E-state index in [0.717, 1.165) is 31.1 Å². The third-order valence-corrected chi connectivity index (χ3v) is 13.1. The molecule has 4 saturated carbocycles. The molecular weight excluding hydrogens is 392 g/mol. The Hall–Kier alpha value is -0.790. The van der Waals surface area contributed by atoms with Crippen molar-refractivity contribution >= 4 is 5.97 Å². The summed E-state index contributed by atoms with van der Waals surface area (Å²) in [6.45, 7) is 17.5. The van der Waals surface area contributed by atoms with E-state index in [4.69, 9.17) is 4.74 Å². The highest BCUT2D eigenvalue weighted by molar-refractivity contribution is 5.82. The van der Waals surface area contributed by atoms with Crippen molar-refractivity contribution in [1.82, 2.24) is 0 Å². The zero-order valence-electron chi connectivity index (χ0n) is 21.8. The molecule has 5 fully saturated rings. The Bertz CT molecular complexity index is 912. The molecule has 1 heterocycles. The quantitative estimate of drug-likeness (QED) is 0.308. The molecule has 0 aromatic rings. The van der Waals surface area contributed by atoms with E-state index in [9.17, 15) is 4.79 Å². The van der Waals surface area contributed by atoms with Gasteiger partial charge in [-0.25, -0.2) is 0 Å². The molecule has 0 N–H and O–H groups in total. The highest BCUT2D eigenvalue weighted by atomic mass is 16.6. The lowest BCUT2D eigenvalue weighted by Gasteiger charge is -2.68. The van der Waals surface area contributed by atoms with E-state index in [1.165, 1.54) is 51.4 Å². The van der Waals surface area contributed by atoms with Crippen molar-refractivity contribution in [3.63, 3.8) is 0 Å². The molecule has 1 aliphatic heterocycles. The number of carbonyl (C=O) groups excluding carboxylic acids is 1. The Labute approximate surface area is 196 Å². The second-order valence-electron chi connectivity index (χ2n) is 14.8. The molecule has 6 rings (SSSR count). The van der Waals surface area contributed by atoms with E-state index in [2.05, 4.69) is 48.5 Å². The van der Waals surface area contributed by atoms with Gasteiger partial charge in [-0.2, -0.15) is 0 Å². The zero-order chi connectivity index (χ0) is 22.9.